The Morgan fingerprint density at radius 1 is 1.73 bits per heavy atom. The van der Waals surface area contributed by atoms with Gasteiger partial charge in [0, 0.05) is 12.1 Å². The van der Waals surface area contributed by atoms with Gasteiger partial charge in [-0.05, 0) is 35.0 Å². The van der Waals surface area contributed by atoms with Gasteiger partial charge in [0.15, 0.2) is 0 Å². The highest BCUT2D eigenvalue weighted by molar-refractivity contribution is 9.10. The van der Waals surface area contributed by atoms with E-state index < -0.39 is 5.92 Å². The lowest BCUT2D eigenvalue weighted by molar-refractivity contribution is -0.119. The average molecular weight is 288 g/mol. The molecule has 1 unspecified atom stereocenters. The third-order valence-corrected chi connectivity index (χ3v) is 3.08. The quantitative estimate of drug-likeness (QED) is 0.803. The number of carbonyl (C=O) groups excluding carboxylic acids is 1. The van der Waals surface area contributed by atoms with Crippen molar-refractivity contribution in [2.24, 2.45) is 5.92 Å². The van der Waals surface area contributed by atoms with Crippen LogP contribution in [0.15, 0.2) is 16.6 Å². The number of nitriles is 1. The number of rotatable bonds is 3. The predicted octanol–water partition coefficient (Wildman–Crippen LogP) is 2.77. The van der Waals surface area contributed by atoms with E-state index in [1.165, 1.54) is 6.92 Å². The second kappa shape index (κ2) is 5.24. The molecule has 0 radical (unpaired) electrons. The van der Waals surface area contributed by atoms with E-state index in [2.05, 4.69) is 20.9 Å². The van der Waals surface area contributed by atoms with Gasteiger partial charge in [-0.25, -0.2) is 4.98 Å². The van der Waals surface area contributed by atoms with Gasteiger partial charge < -0.3 is 0 Å². The lowest BCUT2D eigenvalue weighted by Gasteiger charge is -2.05. The van der Waals surface area contributed by atoms with Crippen molar-refractivity contribution in [1.29, 1.82) is 5.26 Å². The fraction of sp³-hybridized carbons (Fsp3) is 0.300. The standard InChI is InChI=1S/C10H8BrClN2O/c1-6(15)7(5-13)4-8-2-3-9(11)10(12)14-8/h2-3,7H,4H2,1H3. The Morgan fingerprint density at radius 2 is 2.40 bits per heavy atom. The number of hydrogen-bond acceptors (Lipinski definition) is 3. The van der Waals surface area contributed by atoms with Crippen LogP contribution in [0.3, 0.4) is 0 Å². The largest absolute Gasteiger partial charge is 0.299 e. The molecule has 0 saturated carbocycles. The molecule has 0 aliphatic carbocycles. The summed E-state index contributed by atoms with van der Waals surface area (Å²) in [7, 11) is 0. The molecule has 3 nitrogen and oxygen atoms in total. The van der Waals surface area contributed by atoms with Crippen LogP contribution in [0.5, 0.6) is 0 Å². The second-order valence-electron chi connectivity index (χ2n) is 3.07. The zero-order chi connectivity index (χ0) is 11.4. The van der Waals surface area contributed by atoms with Crippen LogP contribution < -0.4 is 0 Å². The summed E-state index contributed by atoms with van der Waals surface area (Å²) in [5, 5.41) is 9.08. The zero-order valence-corrected chi connectivity index (χ0v) is 10.3. The highest BCUT2D eigenvalue weighted by atomic mass is 79.9. The minimum atomic E-state index is -0.644. The van der Waals surface area contributed by atoms with Crippen LogP contribution in [0, 0.1) is 17.2 Å². The summed E-state index contributed by atoms with van der Waals surface area (Å²) in [6, 6.07) is 5.43. The first-order chi connectivity index (χ1) is 7.04. The van der Waals surface area contributed by atoms with Crippen LogP contribution in [0.25, 0.3) is 0 Å². The summed E-state index contributed by atoms with van der Waals surface area (Å²) in [5.41, 5.74) is 0.643. The fourth-order valence-corrected chi connectivity index (χ4v) is 1.45. The molecular weight excluding hydrogens is 279 g/mol. The molecule has 1 rings (SSSR count). The van der Waals surface area contributed by atoms with E-state index in [1.54, 1.807) is 12.1 Å². The Morgan fingerprint density at radius 3 is 2.87 bits per heavy atom. The normalized spacial score (nSPS) is 11.9. The molecule has 0 N–H and O–H groups in total. The molecule has 0 aromatic carbocycles. The molecule has 0 fully saturated rings. The molecule has 0 aliphatic rings. The molecule has 0 aliphatic heterocycles. The summed E-state index contributed by atoms with van der Waals surface area (Å²) < 4.78 is 0.698. The maximum atomic E-state index is 11.0. The van der Waals surface area contributed by atoms with Crippen LogP contribution in [0.1, 0.15) is 12.6 Å². The molecule has 78 valence electrons. The van der Waals surface area contributed by atoms with Gasteiger partial charge in [0.05, 0.1) is 10.5 Å². The highest BCUT2D eigenvalue weighted by Gasteiger charge is 2.15. The van der Waals surface area contributed by atoms with Crippen LogP contribution in [-0.2, 0) is 11.2 Å². The molecule has 1 atom stereocenters. The third-order valence-electron chi connectivity index (χ3n) is 1.92. The number of Topliss-reactive ketones (excluding diaryl/α,β-unsaturated/α-hetero) is 1. The van der Waals surface area contributed by atoms with Gasteiger partial charge in [-0.15, -0.1) is 0 Å². The van der Waals surface area contributed by atoms with Gasteiger partial charge in [-0.2, -0.15) is 5.26 Å². The van der Waals surface area contributed by atoms with Crippen LogP contribution in [0.4, 0.5) is 0 Å². The number of nitrogens with zero attached hydrogens (tertiary/aromatic N) is 2. The third kappa shape index (κ3) is 3.29. The number of carbonyl (C=O) groups is 1. The SMILES string of the molecule is CC(=O)C(C#N)Cc1ccc(Br)c(Cl)n1. The molecule has 15 heavy (non-hydrogen) atoms. The van der Waals surface area contributed by atoms with Crippen molar-refractivity contribution in [1.82, 2.24) is 4.98 Å². The summed E-state index contributed by atoms with van der Waals surface area (Å²) in [5.74, 6) is -0.798. The molecule has 1 aromatic heterocycles. The Kier molecular flexibility index (Phi) is 4.25. The molecular formula is C10H8BrClN2O. The maximum Gasteiger partial charge on any atom is 0.147 e. The van der Waals surface area contributed by atoms with Crippen molar-refractivity contribution in [2.45, 2.75) is 13.3 Å². The van der Waals surface area contributed by atoms with Crippen molar-refractivity contribution in [3.05, 3.63) is 27.5 Å². The van der Waals surface area contributed by atoms with Crippen molar-refractivity contribution >= 4 is 33.3 Å². The number of aromatic nitrogens is 1. The Labute approximate surface area is 101 Å². The molecule has 0 amide bonds. The van der Waals surface area contributed by atoms with Gasteiger partial charge in [0.2, 0.25) is 0 Å². The van der Waals surface area contributed by atoms with Crippen molar-refractivity contribution in [3.8, 4) is 6.07 Å². The van der Waals surface area contributed by atoms with E-state index >= 15 is 0 Å². The minimum absolute atomic E-state index is 0.154. The molecule has 5 heteroatoms. The van der Waals surface area contributed by atoms with Crippen molar-refractivity contribution in [3.63, 3.8) is 0 Å². The summed E-state index contributed by atoms with van der Waals surface area (Å²) in [4.78, 5) is 15.1. The summed E-state index contributed by atoms with van der Waals surface area (Å²) >= 11 is 9.01. The second-order valence-corrected chi connectivity index (χ2v) is 4.28. The van der Waals surface area contributed by atoms with Gasteiger partial charge >= 0.3 is 0 Å². The van der Waals surface area contributed by atoms with E-state index in [0.717, 1.165) is 0 Å². The van der Waals surface area contributed by atoms with Crippen molar-refractivity contribution in [2.75, 3.05) is 0 Å². The average Bonchev–Trinajstić information content (AvgIpc) is 2.19. The number of hydrogen-bond donors (Lipinski definition) is 0. The lowest BCUT2D eigenvalue weighted by atomic mass is 10.0. The molecule has 0 spiro atoms. The molecule has 0 bridgehead atoms. The summed E-state index contributed by atoms with van der Waals surface area (Å²) in [6.45, 7) is 1.40. The highest BCUT2D eigenvalue weighted by Crippen LogP contribution is 2.20. The van der Waals surface area contributed by atoms with Gasteiger partial charge in [0.25, 0.3) is 0 Å². The first-order valence-electron chi connectivity index (χ1n) is 4.25. The Hall–Kier alpha value is -0.920. The molecule has 0 saturated heterocycles. The van der Waals surface area contributed by atoms with E-state index in [1.807, 2.05) is 6.07 Å². The lowest BCUT2D eigenvalue weighted by Crippen LogP contribution is -2.12. The Bertz CT molecular complexity index is 428. The maximum absolute atomic E-state index is 11.0. The monoisotopic (exact) mass is 286 g/mol. The van der Waals surface area contributed by atoms with Crippen LogP contribution >= 0.6 is 27.5 Å². The van der Waals surface area contributed by atoms with Crippen LogP contribution in [0.2, 0.25) is 5.15 Å². The van der Waals surface area contributed by atoms with E-state index in [4.69, 9.17) is 16.9 Å². The smallest absolute Gasteiger partial charge is 0.147 e. The number of halogens is 2. The predicted molar refractivity (Wildman–Crippen MR) is 60.4 cm³/mol. The van der Waals surface area contributed by atoms with Gasteiger partial charge in [-0.3, -0.25) is 4.79 Å². The molecule has 1 aromatic rings. The first kappa shape index (κ1) is 12.2. The van der Waals surface area contributed by atoms with Crippen LogP contribution in [-0.4, -0.2) is 10.8 Å². The number of ketones is 1. The molecule has 1 heterocycles. The van der Waals surface area contributed by atoms with E-state index in [-0.39, 0.29) is 5.78 Å². The first-order valence-corrected chi connectivity index (χ1v) is 5.42. The topological polar surface area (TPSA) is 53.8 Å². The van der Waals surface area contributed by atoms with E-state index in [0.29, 0.717) is 21.7 Å². The summed E-state index contributed by atoms with van der Waals surface area (Å²) in [6.07, 6.45) is 0.304. The van der Waals surface area contributed by atoms with Crippen molar-refractivity contribution < 1.29 is 4.79 Å². The van der Waals surface area contributed by atoms with Gasteiger partial charge in [-0.1, -0.05) is 11.6 Å². The zero-order valence-electron chi connectivity index (χ0n) is 8.00. The van der Waals surface area contributed by atoms with E-state index in [9.17, 15) is 4.79 Å². The fourth-order valence-electron chi connectivity index (χ4n) is 1.06. The minimum Gasteiger partial charge on any atom is -0.299 e. The Balaban J connectivity index is 2.86. The van der Waals surface area contributed by atoms with Gasteiger partial charge in [0.1, 0.15) is 16.9 Å². The number of pyridine rings is 1.